The van der Waals surface area contributed by atoms with E-state index in [1.807, 2.05) is 0 Å². The molecule has 0 radical (unpaired) electrons. The van der Waals surface area contributed by atoms with Gasteiger partial charge in [0.25, 0.3) is 0 Å². The van der Waals surface area contributed by atoms with E-state index < -0.39 is 0 Å². The van der Waals surface area contributed by atoms with Crippen LogP contribution in [0.3, 0.4) is 0 Å². The molecule has 0 aromatic carbocycles. The van der Waals surface area contributed by atoms with Gasteiger partial charge in [-0.3, -0.25) is 9.59 Å². The summed E-state index contributed by atoms with van der Waals surface area (Å²) in [4.78, 5) is 21.1. The fourth-order valence-electron chi connectivity index (χ4n) is 0.516. The molecular weight excluding hydrogens is 172 g/mol. The van der Waals surface area contributed by atoms with E-state index in [1.165, 1.54) is 12.2 Å². The van der Waals surface area contributed by atoms with Gasteiger partial charge in [0.15, 0.2) is 0 Å². The van der Waals surface area contributed by atoms with Crippen LogP contribution in [-0.4, -0.2) is 30.4 Å². The van der Waals surface area contributed by atoms with Gasteiger partial charge in [0, 0.05) is 13.1 Å². The first-order valence-corrected chi connectivity index (χ1v) is 3.51. The van der Waals surface area contributed by atoms with Crippen LogP contribution in [-0.2, 0) is 9.59 Å². The molecule has 5 heteroatoms. The molecular formula is C8H14N2O3. The average Bonchev–Trinajstić information content (AvgIpc) is 2.11. The van der Waals surface area contributed by atoms with Gasteiger partial charge in [-0.2, -0.15) is 0 Å². The minimum Gasteiger partial charge on any atom is -0.412 e. The highest BCUT2D eigenvalue weighted by Crippen LogP contribution is 1.67. The lowest BCUT2D eigenvalue weighted by Crippen LogP contribution is -2.32. The summed E-state index contributed by atoms with van der Waals surface area (Å²) in [7, 11) is 0. The Kier molecular flexibility index (Phi) is 9.09. The molecule has 13 heavy (non-hydrogen) atoms. The third-order valence-corrected chi connectivity index (χ3v) is 1.09. The molecule has 0 rings (SSSR count). The van der Waals surface area contributed by atoms with Crippen molar-refractivity contribution >= 4 is 11.8 Å². The van der Waals surface area contributed by atoms with E-state index in [4.69, 9.17) is 0 Å². The maximum absolute atomic E-state index is 10.6. The molecule has 0 aliphatic carbocycles. The van der Waals surface area contributed by atoms with Gasteiger partial charge >= 0.3 is 0 Å². The minimum absolute atomic E-state index is 0. The van der Waals surface area contributed by atoms with Crippen LogP contribution in [0.15, 0.2) is 25.3 Å². The molecule has 0 spiro atoms. The lowest BCUT2D eigenvalue weighted by atomic mass is 10.5. The van der Waals surface area contributed by atoms with Crippen molar-refractivity contribution in [1.29, 1.82) is 0 Å². The molecule has 5 nitrogen and oxygen atoms in total. The number of hydrogen-bond donors (Lipinski definition) is 2. The zero-order chi connectivity index (χ0) is 9.40. The van der Waals surface area contributed by atoms with E-state index in [9.17, 15) is 9.59 Å². The maximum Gasteiger partial charge on any atom is 0.243 e. The topological polar surface area (TPSA) is 89.7 Å². The van der Waals surface area contributed by atoms with Crippen LogP contribution in [0.5, 0.6) is 0 Å². The number of rotatable bonds is 5. The van der Waals surface area contributed by atoms with E-state index in [-0.39, 0.29) is 17.3 Å². The Morgan fingerprint density at radius 2 is 1.31 bits per heavy atom. The van der Waals surface area contributed by atoms with Crippen LogP contribution < -0.4 is 10.6 Å². The number of amides is 2. The van der Waals surface area contributed by atoms with Crippen molar-refractivity contribution in [2.45, 2.75) is 0 Å². The smallest absolute Gasteiger partial charge is 0.243 e. The SMILES string of the molecule is C=CC(=O)NCCNC(=O)C=C.O. The first-order chi connectivity index (χ1) is 5.70. The Morgan fingerprint density at radius 3 is 1.54 bits per heavy atom. The predicted molar refractivity (Wildman–Crippen MR) is 50.0 cm³/mol. The first-order valence-electron chi connectivity index (χ1n) is 3.51. The van der Waals surface area contributed by atoms with Crippen molar-refractivity contribution in [3.63, 3.8) is 0 Å². The number of nitrogens with one attached hydrogen (secondary N) is 2. The third kappa shape index (κ3) is 8.28. The van der Waals surface area contributed by atoms with Gasteiger partial charge in [-0.05, 0) is 12.2 Å². The molecule has 0 aromatic rings. The Morgan fingerprint density at radius 1 is 1.00 bits per heavy atom. The molecule has 0 unspecified atom stereocenters. The summed E-state index contributed by atoms with van der Waals surface area (Å²) in [6.07, 6.45) is 2.35. The van der Waals surface area contributed by atoms with E-state index in [1.54, 1.807) is 0 Å². The molecule has 0 aliphatic rings. The zero-order valence-electron chi connectivity index (χ0n) is 7.30. The van der Waals surface area contributed by atoms with Crippen LogP contribution in [0, 0.1) is 0 Å². The van der Waals surface area contributed by atoms with Crippen molar-refractivity contribution in [2.24, 2.45) is 0 Å². The number of carbonyl (C=O) groups excluding carboxylic acids is 2. The van der Waals surface area contributed by atoms with Crippen LogP contribution in [0.1, 0.15) is 0 Å². The molecule has 0 heterocycles. The van der Waals surface area contributed by atoms with Crippen LogP contribution in [0.2, 0.25) is 0 Å². The molecule has 0 saturated carbocycles. The molecule has 74 valence electrons. The molecule has 2 amide bonds. The highest BCUT2D eigenvalue weighted by Gasteiger charge is 1.93. The third-order valence-electron chi connectivity index (χ3n) is 1.09. The van der Waals surface area contributed by atoms with Gasteiger partial charge in [-0.15, -0.1) is 0 Å². The number of carbonyl (C=O) groups is 2. The quantitative estimate of drug-likeness (QED) is 0.415. The first kappa shape index (κ1) is 13.9. The minimum atomic E-state index is -0.247. The molecule has 0 aromatic heterocycles. The Labute approximate surface area is 76.8 Å². The van der Waals surface area contributed by atoms with Gasteiger partial charge < -0.3 is 16.1 Å². The van der Waals surface area contributed by atoms with Gasteiger partial charge in [-0.1, -0.05) is 13.2 Å². The van der Waals surface area contributed by atoms with E-state index in [2.05, 4.69) is 23.8 Å². The molecule has 0 fully saturated rings. The summed E-state index contributed by atoms with van der Waals surface area (Å²) in [5.74, 6) is -0.495. The lowest BCUT2D eigenvalue weighted by Gasteiger charge is -2.01. The summed E-state index contributed by atoms with van der Waals surface area (Å²) in [5.41, 5.74) is 0. The van der Waals surface area contributed by atoms with E-state index in [0.717, 1.165) is 0 Å². The molecule has 0 bridgehead atoms. The van der Waals surface area contributed by atoms with Crippen molar-refractivity contribution in [2.75, 3.05) is 13.1 Å². The molecule has 4 N–H and O–H groups in total. The highest BCUT2D eigenvalue weighted by molar-refractivity contribution is 5.87. The summed E-state index contributed by atoms with van der Waals surface area (Å²) in [6, 6.07) is 0. The molecule has 0 aliphatic heterocycles. The van der Waals surface area contributed by atoms with Crippen LogP contribution in [0.4, 0.5) is 0 Å². The van der Waals surface area contributed by atoms with Crippen molar-refractivity contribution in [3.05, 3.63) is 25.3 Å². The summed E-state index contributed by atoms with van der Waals surface area (Å²) >= 11 is 0. The molecule has 0 saturated heterocycles. The Balaban J connectivity index is 0. The summed E-state index contributed by atoms with van der Waals surface area (Å²) < 4.78 is 0. The van der Waals surface area contributed by atoms with Crippen molar-refractivity contribution < 1.29 is 15.1 Å². The Hall–Kier alpha value is -1.62. The summed E-state index contributed by atoms with van der Waals surface area (Å²) in [5, 5.41) is 5.01. The van der Waals surface area contributed by atoms with E-state index >= 15 is 0 Å². The van der Waals surface area contributed by atoms with Crippen molar-refractivity contribution in [1.82, 2.24) is 10.6 Å². The van der Waals surface area contributed by atoms with Gasteiger partial charge in [-0.25, -0.2) is 0 Å². The number of hydrogen-bond acceptors (Lipinski definition) is 2. The largest absolute Gasteiger partial charge is 0.412 e. The average molecular weight is 186 g/mol. The second-order valence-corrected chi connectivity index (χ2v) is 1.99. The van der Waals surface area contributed by atoms with Crippen LogP contribution in [0.25, 0.3) is 0 Å². The van der Waals surface area contributed by atoms with Crippen molar-refractivity contribution in [3.8, 4) is 0 Å². The highest BCUT2D eigenvalue weighted by atomic mass is 16.2. The van der Waals surface area contributed by atoms with Crippen LogP contribution >= 0.6 is 0 Å². The summed E-state index contributed by atoms with van der Waals surface area (Å²) in [6.45, 7) is 7.34. The van der Waals surface area contributed by atoms with Gasteiger partial charge in [0.05, 0.1) is 0 Å². The normalized spacial score (nSPS) is 7.69. The van der Waals surface area contributed by atoms with Gasteiger partial charge in [0.2, 0.25) is 11.8 Å². The second kappa shape index (κ2) is 8.48. The fourth-order valence-corrected chi connectivity index (χ4v) is 0.516. The fraction of sp³-hybridized carbons (Fsp3) is 0.250. The van der Waals surface area contributed by atoms with E-state index in [0.29, 0.717) is 13.1 Å². The lowest BCUT2D eigenvalue weighted by molar-refractivity contribution is -0.118. The van der Waals surface area contributed by atoms with Gasteiger partial charge in [0.1, 0.15) is 0 Å². The molecule has 0 atom stereocenters. The standard InChI is InChI=1S/C8H12N2O2.H2O/c1-3-7(11)9-5-6-10-8(12)4-2;/h3-4H,1-2,5-6H2,(H,9,11)(H,10,12);1H2. The Bertz CT molecular complexity index is 180. The maximum atomic E-state index is 10.6. The second-order valence-electron chi connectivity index (χ2n) is 1.99. The monoisotopic (exact) mass is 186 g/mol. The predicted octanol–water partition coefficient (Wildman–Crippen LogP) is -1.23. The zero-order valence-corrected chi connectivity index (χ0v) is 7.30.